The molecule has 0 N–H and O–H groups in total. The average molecular weight is 392 g/mol. The zero-order valence-electron chi connectivity index (χ0n) is 17.1. The maximum absolute atomic E-state index is 12.4. The van der Waals surface area contributed by atoms with Gasteiger partial charge in [-0.2, -0.15) is 0 Å². The lowest BCUT2D eigenvalue weighted by molar-refractivity contribution is -0.132. The van der Waals surface area contributed by atoms with Gasteiger partial charge in [-0.1, -0.05) is 55.3 Å². The largest absolute Gasteiger partial charge is 0.466 e. The van der Waals surface area contributed by atoms with Gasteiger partial charge in [0.25, 0.3) is 0 Å². The number of carbonyl (C=O) groups excluding carboxylic acids is 1. The molecule has 1 aliphatic carbocycles. The Morgan fingerprint density at radius 1 is 1.10 bits per heavy atom. The third-order valence-electron chi connectivity index (χ3n) is 6.01. The Bertz CT molecular complexity index is 953. The summed E-state index contributed by atoms with van der Waals surface area (Å²) in [5.74, 6) is 1.20. The van der Waals surface area contributed by atoms with Crippen LogP contribution in [0.5, 0.6) is 5.75 Å². The Hall–Kier alpha value is -2.69. The van der Waals surface area contributed by atoms with Crippen molar-refractivity contribution in [1.82, 2.24) is 15.0 Å². The van der Waals surface area contributed by atoms with Crippen LogP contribution in [-0.2, 0) is 10.5 Å². The molecular formula is C24H29N3O2. The third kappa shape index (κ3) is 4.04. The number of hydrogen-bond acceptors (Lipinski definition) is 4. The van der Waals surface area contributed by atoms with Crippen LogP contribution in [-0.4, -0.2) is 20.8 Å². The van der Waals surface area contributed by atoms with E-state index in [2.05, 4.69) is 17.2 Å². The number of Topliss-reactive ketones (excluding diaryl/α,β-unsaturated/α-hetero) is 1. The molecule has 0 saturated heterocycles. The molecular weight excluding hydrogens is 362 g/mol. The molecule has 0 aliphatic heterocycles. The Morgan fingerprint density at radius 3 is 2.69 bits per heavy atom. The van der Waals surface area contributed by atoms with E-state index in [1.54, 1.807) is 0 Å². The predicted octanol–water partition coefficient (Wildman–Crippen LogP) is 5.50. The Labute approximate surface area is 172 Å². The minimum Gasteiger partial charge on any atom is -0.466 e. The predicted molar refractivity (Wildman–Crippen MR) is 114 cm³/mol. The number of hydrogen-bond donors (Lipinski definition) is 0. The molecule has 0 amide bonds. The molecule has 2 unspecified atom stereocenters. The van der Waals surface area contributed by atoms with Crippen molar-refractivity contribution in [2.24, 2.45) is 5.92 Å². The van der Waals surface area contributed by atoms with Crippen molar-refractivity contribution < 1.29 is 9.53 Å². The van der Waals surface area contributed by atoms with Crippen LogP contribution in [0.15, 0.2) is 54.6 Å². The van der Waals surface area contributed by atoms with E-state index in [-0.39, 0.29) is 5.92 Å². The van der Waals surface area contributed by atoms with Gasteiger partial charge in [-0.05, 0) is 43.5 Å². The molecule has 1 heterocycles. The Balaban J connectivity index is 1.84. The van der Waals surface area contributed by atoms with Crippen molar-refractivity contribution in [3.63, 3.8) is 0 Å². The second-order valence-corrected chi connectivity index (χ2v) is 8.04. The fourth-order valence-corrected chi connectivity index (χ4v) is 4.54. The summed E-state index contributed by atoms with van der Waals surface area (Å²) >= 11 is 0. The second kappa shape index (κ2) is 8.76. The standard InChI is InChI=1S/C24H29N3O2/c1-2-3-9-17-24(19-11-10-12-20(28)18-19,29-21-13-5-4-6-14-21)27-23-16-8-7-15-22(23)25-26-27/h4-8,13-16,19H,2-3,9-12,17-18H2,1H3. The summed E-state index contributed by atoms with van der Waals surface area (Å²) in [4.78, 5) is 12.4. The molecule has 2 atom stereocenters. The topological polar surface area (TPSA) is 57.0 Å². The number of carbonyl (C=O) groups is 1. The molecule has 0 radical (unpaired) electrons. The molecule has 1 aromatic heterocycles. The van der Waals surface area contributed by atoms with Crippen molar-refractivity contribution in [1.29, 1.82) is 0 Å². The van der Waals surface area contributed by atoms with Crippen molar-refractivity contribution in [3.8, 4) is 5.75 Å². The minimum absolute atomic E-state index is 0.0749. The summed E-state index contributed by atoms with van der Waals surface area (Å²) in [6, 6.07) is 17.9. The lowest BCUT2D eigenvalue weighted by Crippen LogP contribution is -2.49. The van der Waals surface area contributed by atoms with E-state index in [0.29, 0.717) is 18.6 Å². The molecule has 152 valence electrons. The Morgan fingerprint density at radius 2 is 1.90 bits per heavy atom. The van der Waals surface area contributed by atoms with Gasteiger partial charge >= 0.3 is 0 Å². The lowest BCUT2D eigenvalue weighted by Gasteiger charge is -2.42. The normalized spacial score (nSPS) is 19.2. The molecule has 4 rings (SSSR count). The van der Waals surface area contributed by atoms with Gasteiger partial charge in [0, 0.05) is 25.2 Å². The highest BCUT2D eigenvalue weighted by atomic mass is 16.5. The zero-order valence-corrected chi connectivity index (χ0v) is 17.1. The summed E-state index contributed by atoms with van der Waals surface area (Å²) in [6.45, 7) is 2.20. The number of benzene rings is 2. The number of rotatable bonds is 8. The number of fused-ring (bicyclic) bond motifs is 1. The van der Waals surface area contributed by atoms with E-state index < -0.39 is 5.72 Å². The van der Waals surface area contributed by atoms with Crippen LogP contribution in [0.25, 0.3) is 11.0 Å². The van der Waals surface area contributed by atoms with Crippen molar-refractivity contribution in [2.45, 2.75) is 64.0 Å². The summed E-state index contributed by atoms with van der Waals surface area (Å²) in [5, 5.41) is 8.99. The number of nitrogens with zero attached hydrogens (tertiary/aromatic N) is 3. The van der Waals surface area contributed by atoms with Gasteiger partial charge in [0.05, 0.1) is 5.52 Å². The highest BCUT2D eigenvalue weighted by molar-refractivity contribution is 5.79. The SMILES string of the molecule is CCCCCC(Oc1ccccc1)(C1CCCC(=O)C1)n1nnc2ccccc21. The van der Waals surface area contributed by atoms with Gasteiger partial charge in [0.15, 0.2) is 0 Å². The Kier molecular flexibility index (Phi) is 5.93. The molecule has 1 aliphatic rings. The number of aromatic nitrogens is 3. The van der Waals surface area contributed by atoms with Gasteiger partial charge in [-0.3, -0.25) is 4.79 Å². The van der Waals surface area contributed by atoms with Crippen molar-refractivity contribution in [3.05, 3.63) is 54.6 Å². The van der Waals surface area contributed by atoms with E-state index in [1.807, 2.05) is 59.3 Å². The number of ether oxygens (including phenoxy) is 1. The van der Waals surface area contributed by atoms with Crippen LogP contribution in [0.2, 0.25) is 0 Å². The first-order valence-corrected chi connectivity index (χ1v) is 10.8. The third-order valence-corrected chi connectivity index (χ3v) is 6.01. The van der Waals surface area contributed by atoms with Crippen LogP contribution >= 0.6 is 0 Å². The first kappa shape index (κ1) is 19.6. The van der Waals surface area contributed by atoms with Crippen LogP contribution in [0, 0.1) is 5.92 Å². The van der Waals surface area contributed by atoms with Crippen LogP contribution in [0.4, 0.5) is 0 Å². The molecule has 1 fully saturated rings. The summed E-state index contributed by atoms with van der Waals surface area (Å²) < 4.78 is 8.76. The second-order valence-electron chi connectivity index (χ2n) is 8.04. The average Bonchev–Trinajstić information content (AvgIpc) is 3.18. The van der Waals surface area contributed by atoms with Gasteiger partial charge in [-0.15, -0.1) is 5.10 Å². The maximum atomic E-state index is 12.4. The van der Waals surface area contributed by atoms with Crippen LogP contribution in [0.3, 0.4) is 0 Å². The van der Waals surface area contributed by atoms with Gasteiger partial charge in [-0.25, -0.2) is 4.68 Å². The fourth-order valence-electron chi connectivity index (χ4n) is 4.54. The first-order chi connectivity index (χ1) is 14.2. The smallest absolute Gasteiger partial charge is 0.207 e. The van der Waals surface area contributed by atoms with E-state index in [0.717, 1.165) is 55.3 Å². The van der Waals surface area contributed by atoms with Crippen molar-refractivity contribution in [2.75, 3.05) is 0 Å². The highest BCUT2D eigenvalue weighted by Crippen LogP contribution is 2.42. The fraction of sp³-hybridized carbons (Fsp3) is 0.458. The molecule has 1 saturated carbocycles. The van der Waals surface area contributed by atoms with Crippen LogP contribution < -0.4 is 4.74 Å². The quantitative estimate of drug-likeness (QED) is 0.476. The van der Waals surface area contributed by atoms with E-state index in [4.69, 9.17) is 4.74 Å². The lowest BCUT2D eigenvalue weighted by atomic mass is 9.78. The molecule has 0 spiro atoms. The monoisotopic (exact) mass is 391 g/mol. The molecule has 29 heavy (non-hydrogen) atoms. The molecule has 3 aromatic rings. The van der Waals surface area contributed by atoms with E-state index in [1.165, 1.54) is 0 Å². The maximum Gasteiger partial charge on any atom is 0.207 e. The zero-order chi connectivity index (χ0) is 20.1. The summed E-state index contributed by atoms with van der Waals surface area (Å²) in [5.41, 5.74) is 1.09. The molecule has 5 heteroatoms. The highest BCUT2D eigenvalue weighted by Gasteiger charge is 2.46. The number of para-hydroxylation sites is 2. The van der Waals surface area contributed by atoms with Crippen LogP contribution in [0.1, 0.15) is 58.3 Å². The summed E-state index contributed by atoms with van der Waals surface area (Å²) in [6.07, 6.45) is 7.14. The molecule has 5 nitrogen and oxygen atoms in total. The van der Waals surface area contributed by atoms with E-state index in [9.17, 15) is 4.79 Å². The van der Waals surface area contributed by atoms with Crippen molar-refractivity contribution >= 4 is 16.8 Å². The number of ketones is 1. The van der Waals surface area contributed by atoms with E-state index >= 15 is 0 Å². The van der Waals surface area contributed by atoms with Gasteiger partial charge in [0.1, 0.15) is 17.0 Å². The molecule has 2 aromatic carbocycles. The minimum atomic E-state index is -0.720. The van der Waals surface area contributed by atoms with Gasteiger partial charge < -0.3 is 4.74 Å². The van der Waals surface area contributed by atoms with Gasteiger partial charge in [0.2, 0.25) is 5.72 Å². The number of unbranched alkanes of at least 4 members (excludes halogenated alkanes) is 2. The molecule has 0 bridgehead atoms. The first-order valence-electron chi connectivity index (χ1n) is 10.8. The summed E-state index contributed by atoms with van der Waals surface area (Å²) in [7, 11) is 0.